The van der Waals surface area contributed by atoms with E-state index in [2.05, 4.69) is 51.2 Å². The zero-order chi connectivity index (χ0) is 9.12. The molecule has 0 radical (unpaired) electrons. The summed E-state index contributed by atoms with van der Waals surface area (Å²) < 4.78 is 5.82. The van der Waals surface area contributed by atoms with Crippen LogP contribution in [0.3, 0.4) is 0 Å². The second-order valence-corrected chi connectivity index (χ2v) is 9.43. The van der Waals surface area contributed by atoms with E-state index in [0.29, 0.717) is 5.41 Å². The molecule has 1 nitrogen and oxygen atoms in total. The summed E-state index contributed by atoms with van der Waals surface area (Å²) >= 11 is 2.22. The standard InChI is InChI=1S/C8H19OSi.Li/c1-8(2,3)7-9-10(4,5)6;/h1,7H2,2-6H3;. The van der Waals surface area contributed by atoms with Gasteiger partial charge in [0.1, 0.15) is 0 Å². The van der Waals surface area contributed by atoms with Crippen LogP contribution < -0.4 is 0 Å². The van der Waals surface area contributed by atoms with E-state index in [-0.39, 0.29) is 0 Å². The Morgan fingerprint density at radius 1 is 1.27 bits per heavy atom. The van der Waals surface area contributed by atoms with Crippen molar-refractivity contribution >= 4 is 26.0 Å². The first-order valence-electron chi connectivity index (χ1n) is 4.41. The fourth-order valence-electron chi connectivity index (χ4n) is 0.514. The predicted octanol–water partition coefficient (Wildman–Crippen LogP) is 2.45. The van der Waals surface area contributed by atoms with Gasteiger partial charge in [-0.2, -0.15) is 0 Å². The number of hydrogen-bond donors (Lipinski definition) is 0. The van der Waals surface area contributed by atoms with E-state index < -0.39 is 8.32 Å². The van der Waals surface area contributed by atoms with Crippen LogP contribution in [0.15, 0.2) is 0 Å². The van der Waals surface area contributed by atoms with Gasteiger partial charge in [-0.05, 0) is 0 Å². The summed E-state index contributed by atoms with van der Waals surface area (Å²) in [5.74, 6) is 0. The molecule has 0 saturated carbocycles. The Hall–Kier alpha value is 0.774. The van der Waals surface area contributed by atoms with E-state index >= 15 is 0 Å². The van der Waals surface area contributed by atoms with Gasteiger partial charge in [0.15, 0.2) is 0 Å². The molecule has 0 aliphatic rings. The number of rotatable bonds is 4. The first kappa shape index (κ1) is 11.8. The zero-order valence-corrected chi connectivity index (χ0v) is 9.82. The van der Waals surface area contributed by atoms with Crippen molar-refractivity contribution in [3.63, 3.8) is 0 Å². The van der Waals surface area contributed by atoms with Crippen molar-refractivity contribution in [2.75, 3.05) is 6.61 Å². The summed E-state index contributed by atoms with van der Waals surface area (Å²) in [7, 11) is -1.28. The third kappa shape index (κ3) is 7.15. The molecular weight excluding hydrogens is 147 g/mol. The Balaban J connectivity index is 3.70. The molecule has 0 aromatic carbocycles. The van der Waals surface area contributed by atoms with E-state index in [0.717, 1.165) is 6.61 Å². The topological polar surface area (TPSA) is 9.23 Å². The van der Waals surface area contributed by atoms with Crippen molar-refractivity contribution in [3.8, 4) is 0 Å². The maximum absolute atomic E-state index is 5.82. The third-order valence-corrected chi connectivity index (χ3v) is 2.86. The summed E-state index contributed by atoms with van der Waals surface area (Å²) in [6.07, 6.45) is 0. The molecule has 3 heteroatoms. The molecule has 0 aliphatic heterocycles. The van der Waals surface area contributed by atoms with Crippen molar-refractivity contribution in [3.05, 3.63) is 0 Å². The van der Waals surface area contributed by atoms with Crippen LogP contribution in [0.25, 0.3) is 0 Å². The molecule has 0 amide bonds. The van der Waals surface area contributed by atoms with Crippen molar-refractivity contribution in [1.29, 1.82) is 0 Å². The van der Waals surface area contributed by atoms with Gasteiger partial charge in [0.05, 0.1) is 0 Å². The van der Waals surface area contributed by atoms with Crippen LogP contribution in [0.2, 0.25) is 24.7 Å². The molecule has 62 valence electrons. The summed E-state index contributed by atoms with van der Waals surface area (Å²) in [6, 6.07) is 0. The Bertz CT molecular complexity index is 118. The summed E-state index contributed by atoms with van der Waals surface area (Å²) in [5, 5.41) is 1.19. The normalized spacial score (nSPS) is 13.7. The minimum atomic E-state index is -1.28. The fraction of sp³-hybridized carbons (Fsp3) is 1.00. The minimum absolute atomic E-state index is 0.361. The van der Waals surface area contributed by atoms with Crippen molar-refractivity contribution < 1.29 is 4.43 Å². The van der Waals surface area contributed by atoms with Crippen LogP contribution in [0.1, 0.15) is 13.8 Å². The predicted molar refractivity (Wildman–Crippen MR) is 53.6 cm³/mol. The Morgan fingerprint density at radius 2 is 1.73 bits per heavy atom. The Morgan fingerprint density at radius 3 is 2.00 bits per heavy atom. The zero-order valence-electron chi connectivity index (χ0n) is 8.82. The van der Waals surface area contributed by atoms with Crippen molar-refractivity contribution in [2.45, 2.75) is 38.6 Å². The summed E-state index contributed by atoms with van der Waals surface area (Å²) in [5.41, 5.74) is 0.361. The molecule has 0 N–H and O–H groups in total. The average molecular weight is 166 g/mol. The molecule has 11 heavy (non-hydrogen) atoms. The van der Waals surface area contributed by atoms with Crippen LogP contribution in [0, 0.1) is 5.41 Å². The maximum atomic E-state index is 5.82. The van der Waals surface area contributed by atoms with Gasteiger partial charge in [0, 0.05) is 0 Å². The fourth-order valence-corrected chi connectivity index (χ4v) is 1.34. The molecule has 0 aromatic heterocycles. The van der Waals surface area contributed by atoms with Gasteiger partial charge in [-0.15, -0.1) is 0 Å². The Kier molecular flexibility index (Phi) is 4.43. The summed E-state index contributed by atoms with van der Waals surface area (Å²) in [6.45, 7) is 12.1. The number of hydrogen-bond acceptors (Lipinski definition) is 1. The molecule has 0 heterocycles. The van der Waals surface area contributed by atoms with Crippen LogP contribution in [-0.4, -0.2) is 32.6 Å². The van der Waals surface area contributed by atoms with Crippen LogP contribution in [0.4, 0.5) is 0 Å². The van der Waals surface area contributed by atoms with Gasteiger partial charge in [-0.3, -0.25) is 0 Å². The molecular formula is C8H19LiOSi. The van der Waals surface area contributed by atoms with Crippen molar-refractivity contribution in [2.24, 2.45) is 5.41 Å². The molecule has 0 bridgehead atoms. The SMILES string of the molecule is [Li][CH2]C(C)(C)CO[Si](C)(C)C. The molecule has 0 aromatic rings. The molecule has 0 atom stereocenters. The molecule has 0 saturated heterocycles. The molecule has 0 spiro atoms. The van der Waals surface area contributed by atoms with E-state index in [9.17, 15) is 0 Å². The monoisotopic (exact) mass is 166 g/mol. The molecule has 0 fully saturated rings. The summed E-state index contributed by atoms with van der Waals surface area (Å²) in [4.78, 5) is 0. The van der Waals surface area contributed by atoms with Gasteiger partial charge in [-0.1, -0.05) is 0 Å². The second-order valence-electron chi connectivity index (χ2n) is 4.92. The van der Waals surface area contributed by atoms with Gasteiger partial charge >= 0.3 is 81.1 Å². The van der Waals surface area contributed by atoms with E-state index in [1.807, 2.05) is 0 Å². The second kappa shape index (κ2) is 4.14. The van der Waals surface area contributed by atoms with Crippen molar-refractivity contribution in [1.82, 2.24) is 0 Å². The molecule has 0 aliphatic carbocycles. The van der Waals surface area contributed by atoms with E-state index in [4.69, 9.17) is 4.43 Å². The Labute approximate surface area is 81.2 Å². The van der Waals surface area contributed by atoms with Crippen LogP contribution in [-0.2, 0) is 4.43 Å². The third-order valence-electron chi connectivity index (χ3n) is 1.85. The van der Waals surface area contributed by atoms with Crippen LogP contribution in [0.5, 0.6) is 0 Å². The molecule has 0 rings (SSSR count). The first-order valence-corrected chi connectivity index (χ1v) is 7.82. The van der Waals surface area contributed by atoms with E-state index in [1.54, 1.807) is 0 Å². The van der Waals surface area contributed by atoms with Gasteiger partial charge < -0.3 is 0 Å². The molecule has 0 unspecified atom stereocenters. The average Bonchev–Trinajstić information content (AvgIpc) is 1.83. The van der Waals surface area contributed by atoms with Gasteiger partial charge in [0.2, 0.25) is 0 Å². The van der Waals surface area contributed by atoms with E-state index in [1.165, 1.54) is 5.09 Å². The quantitative estimate of drug-likeness (QED) is 0.583. The van der Waals surface area contributed by atoms with Gasteiger partial charge in [0.25, 0.3) is 0 Å². The first-order chi connectivity index (χ1) is 4.77. The van der Waals surface area contributed by atoms with Gasteiger partial charge in [-0.25, -0.2) is 0 Å². The van der Waals surface area contributed by atoms with Crippen LogP contribution >= 0.6 is 0 Å².